The van der Waals surface area contributed by atoms with Crippen LogP contribution in [0.5, 0.6) is 0 Å². The highest BCUT2D eigenvalue weighted by atomic mass is 32.2. The van der Waals surface area contributed by atoms with Crippen LogP contribution in [0.25, 0.3) is 0 Å². The Kier molecular flexibility index (Phi) is 9.62. The van der Waals surface area contributed by atoms with Gasteiger partial charge in [-0.05, 0) is 42.5 Å². The minimum Gasteiger partial charge on any atom is -0.382 e. The monoisotopic (exact) mass is 486 g/mol. The summed E-state index contributed by atoms with van der Waals surface area (Å²) in [5, 5.41) is 1.97. The highest BCUT2D eigenvalue weighted by Crippen LogP contribution is 2.19. The zero-order chi connectivity index (χ0) is 23.5. The van der Waals surface area contributed by atoms with E-state index < -0.39 is 10.0 Å². The predicted molar refractivity (Wildman–Crippen MR) is 131 cm³/mol. The third-order valence-corrected chi connectivity index (χ3v) is 7.81. The van der Waals surface area contributed by atoms with Gasteiger partial charge < -0.3 is 9.64 Å². The van der Waals surface area contributed by atoms with Crippen LogP contribution in [0.2, 0.25) is 0 Å². The zero-order valence-corrected chi connectivity index (χ0v) is 20.4. The molecule has 0 spiro atoms. The molecule has 0 atom stereocenters. The smallest absolute Gasteiger partial charge is 0.243 e. The first kappa shape index (κ1) is 25.1. The van der Waals surface area contributed by atoms with Gasteiger partial charge in [0.05, 0.1) is 18.0 Å². The van der Waals surface area contributed by atoms with Gasteiger partial charge in [0.25, 0.3) is 0 Å². The maximum Gasteiger partial charge on any atom is 0.243 e. The van der Waals surface area contributed by atoms with Crippen molar-refractivity contribution in [1.29, 1.82) is 0 Å². The molecule has 3 aromatic rings. The number of nitrogens with zero attached hydrogens (tertiary/aromatic N) is 2. The number of amides is 1. The Morgan fingerprint density at radius 1 is 0.939 bits per heavy atom. The Bertz CT molecular complexity index is 1070. The first-order valence-corrected chi connectivity index (χ1v) is 13.3. The fraction of sp³-hybridized carbons (Fsp3) is 0.320. The Morgan fingerprint density at radius 3 is 2.27 bits per heavy atom. The molecule has 176 valence electrons. The Labute approximate surface area is 200 Å². The van der Waals surface area contributed by atoms with Gasteiger partial charge in [0.1, 0.15) is 0 Å². The van der Waals surface area contributed by atoms with Crippen LogP contribution in [0.1, 0.15) is 23.8 Å². The van der Waals surface area contributed by atoms with Crippen LogP contribution in [0.4, 0.5) is 0 Å². The molecule has 2 aromatic carbocycles. The number of ether oxygens (including phenoxy) is 1. The molecule has 0 radical (unpaired) electrons. The first-order valence-electron chi connectivity index (χ1n) is 11.0. The van der Waals surface area contributed by atoms with E-state index in [4.69, 9.17) is 4.74 Å². The molecule has 0 fully saturated rings. The highest BCUT2D eigenvalue weighted by Gasteiger charge is 2.28. The number of carbonyl (C=O) groups is 1. The summed E-state index contributed by atoms with van der Waals surface area (Å²) in [7, 11) is -3.82. The number of hydrogen-bond acceptors (Lipinski definition) is 5. The topological polar surface area (TPSA) is 66.9 Å². The molecule has 1 aromatic heterocycles. The van der Waals surface area contributed by atoms with Crippen molar-refractivity contribution in [3.63, 3.8) is 0 Å². The van der Waals surface area contributed by atoms with Crippen LogP contribution < -0.4 is 0 Å². The molecule has 0 aliphatic rings. The van der Waals surface area contributed by atoms with Crippen molar-refractivity contribution in [1.82, 2.24) is 9.21 Å². The van der Waals surface area contributed by atoms with Crippen molar-refractivity contribution in [2.24, 2.45) is 0 Å². The van der Waals surface area contributed by atoms with E-state index in [9.17, 15) is 13.2 Å². The van der Waals surface area contributed by atoms with Crippen LogP contribution in [-0.4, -0.2) is 49.8 Å². The maximum atomic E-state index is 13.4. The summed E-state index contributed by atoms with van der Waals surface area (Å²) >= 11 is 1.58. The largest absolute Gasteiger partial charge is 0.382 e. The molecule has 0 bridgehead atoms. The molecule has 1 heterocycles. The molecule has 3 rings (SSSR count). The molecule has 1 amide bonds. The number of hydrogen-bond donors (Lipinski definition) is 0. The summed E-state index contributed by atoms with van der Waals surface area (Å²) in [6, 6.07) is 21.9. The molecule has 33 heavy (non-hydrogen) atoms. The lowest BCUT2D eigenvalue weighted by molar-refractivity contribution is -0.132. The van der Waals surface area contributed by atoms with Crippen molar-refractivity contribution in [2.45, 2.75) is 31.3 Å². The van der Waals surface area contributed by atoms with Crippen LogP contribution in [0.15, 0.2) is 83.1 Å². The van der Waals surface area contributed by atoms with E-state index in [-0.39, 0.29) is 23.9 Å². The van der Waals surface area contributed by atoms with Crippen LogP contribution >= 0.6 is 11.3 Å². The summed E-state index contributed by atoms with van der Waals surface area (Å²) in [4.78, 5) is 16.4. The molecule has 6 nitrogen and oxygen atoms in total. The van der Waals surface area contributed by atoms with Crippen molar-refractivity contribution in [3.8, 4) is 0 Å². The zero-order valence-electron chi connectivity index (χ0n) is 18.8. The minimum atomic E-state index is -3.82. The quantitative estimate of drug-likeness (QED) is 0.336. The van der Waals surface area contributed by atoms with E-state index in [2.05, 4.69) is 0 Å². The average Bonchev–Trinajstić information content (AvgIpc) is 3.35. The van der Waals surface area contributed by atoms with Gasteiger partial charge in [-0.3, -0.25) is 4.79 Å². The summed E-state index contributed by atoms with van der Waals surface area (Å²) in [5.41, 5.74) is 0.996. The van der Waals surface area contributed by atoms with E-state index in [0.717, 1.165) is 10.4 Å². The SMILES string of the molecule is CCOCCCN(CC(=O)N(Cc1ccccc1)Cc1cccs1)S(=O)(=O)c1ccccc1. The number of rotatable bonds is 13. The number of benzene rings is 2. The molecule has 0 saturated carbocycles. The Balaban J connectivity index is 1.81. The van der Waals surface area contributed by atoms with E-state index in [1.807, 2.05) is 54.8 Å². The molecule has 0 saturated heterocycles. The van der Waals surface area contributed by atoms with E-state index in [1.54, 1.807) is 46.6 Å². The lowest BCUT2D eigenvalue weighted by atomic mass is 10.2. The van der Waals surface area contributed by atoms with Gasteiger partial charge in [0.2, 0.25) is 15.9 Å². The fourth-order valence-electron chi connectivity index (χ4n) is 3.39. The third-order valence-electron chi connectivity index (χ3n) is 5.09. The second-order valence-corrected chi connectivity index (χ2v) is 10.5. The Hall–Kier alpha value is -2.52. The summed E-state index contributed by atoms with van der Waals surface area (Å²) in [5.74, 6) is -0.233. The summed E-state index contributed by atoms with van der Waals surface area (Å²) < 4.78 is 33.4. The van der Waals surface area contributed by atoms with Crippen LogP contribution in [-0.2, 0) is 32.6 Å². The molecule has 0 aliphatic heterocycles. The lowest BCUT2D eigenvalue weighted by Crippen LogP contribution is -2.43. The number of carbonyl (C=O) groups excluding carboxylic acids is 1. The Morgan fingerprint density at radius 2 is 1.64 bits per heavy atom. The normalized spacial score (nSPS) is 11.6. The highest BCUT2D eigenvalue weighted by molar-refractivity contribution is 7.89. The standard InChI is InChI=1S/C25H30N2O4S2/c1-2-31-17-10-16-27(33(29,30)24-14-7-4-8-15-24)21-25(28)26(20-23-13-9-18-32-23)19-22-11-5-3-6-12-22/h3-9,11-15,18H,2,10,16-17,19-21H2,1H3. The molecular weight excluding hydrogens is 456 g/mol. The van der Waals surface area contributed by atoms with Crippen molar-refractivity contribution >= 4 is 27.3 Å². The summed E-state index contributed by atoms with van der Waals surface area (Å²) in [6.45, 7) is 3.74. The number of sulfonamides is 1. The van der Waals surface area contributed by atoms with E-state index in [0.29, 0.717) is 32.7 Å². The molecule has 0 aliphatic carbocycles. The van der Waals surface area contributed by atoms with Crippen LogP contribution in [0, 0.1) is 0 Å². The van der Waals surface area contributed by atoms with Crippen LogP contribution in [0.3, 0.4) is 0 Å². The summed E-state index contributed by atoms with van der Waals surface area (Å²) in [6.07, 6.45) is 0.511. The van der Waals surface area contributed by atoms with Gasteiger partial charge in [-0.15, -0.1) is 11.3 Å². The molecule has 0 unspecified atom stereocenters. The van der Waals surface area contributed by atoms with Gasteiger partial charge in [-0.25, -0.2) is 8.42 Å². The van der Waals surface area contributed by atoms with Gasteiger partial charge in [-0.1, -0.05) is 54.6 Å². The lowest BCUT2D eigenvalue weighted by Gasteiger charge is -2.27. The first-order chi connectivity index (χ1) is 16.0. The molecule has 0 N–H and O–H groups in total. The average molecular weight is 487 g/mol. The molecular formula is C25H30N2O4S2. The number of thiophene rings is 1. The van der Waals surface area contributed by atoms with Gasteiger partial charge in [-0.2, -0.15) is 4.31 Å². The van der Waals surface area contributed by atoms with Gasteiger partial charge >= 0.3 is 0 Å². The van der Waals surface area contributed by atoms with Crippen molar-refractivity contribution < 1.29 is 17.9 Å². The van der Waals surface area contributed by atoms with Gasteiger partial charge in [0, 0.05) is 31.2 Å². The second kappa shape index (κ2) is 12.6. The van der Waals surface area contributed by atoms with Crippen molar-refractivity contribution in [3.05, 3.63) is 88.6 Å². The van der Waals surface area contributed by atoms with E-state index >= 15 is 0 Å². The maximum absolute atomic E-state index is 13.4. The predicted octanol–water partition coefficient (Wildman–Crippen LogP) is 4.39. The minimum absolute atomic E-state index is 0.182. The van der Waals surface area contributed by atoms with Crippen molar-refractivity contribution in [2.75, 3.05) is 26.3 Å². The fourth-order valence-corrected chi connectivity index (χ4v) is 5.56. The van der Waals surface area contributed by atoms with E-state index in [1.165, 1.54) is 4.31 Å². The second-order valence-electron chi connectivity index (χ2n) is 7.52. The third kappa shape index (κ3) is 7.50. The molecule has 8 heteroatoms. The van der Waals surface area contributed by atoms with Gasteiger partial charge in [0.15, 0.2) is 0 Å².